The molecule has 34 heavy (non-hydrogen) atoms. The Labute approximate surface area is 216 Å². The van der Waals surface area contributed by atoms with Gasteiger partial charge in [-0.15, -0.1) is 0 Å². The number of carbonyl (C=O) groups is 2. The van der Waals surface area contributed by atoms with Gasteiger partial charge in [0.1, 0.15) is 5.75 Å². The van der Waals surface area contributed by atoms with Crippen molar-refractivity contribution in [3.05, 3.63) is 86.8 Å². The average molecular weight is 560 g/mol. The fourth-order valence-corrected chi connectivity index (χ4v) is 5.27. The maximum absolute atomic E-state index is 13.1. The van der Waals surface area contributed by atoms with Crippen LogP contribution in [0.5, 0.6) is 5.75 Å². The smallest absolute Gasteiger partial charge is 0.262 e. The Kier molecular flexibility index (Phi) is 8.19. The van der Waals surface area contributed by atoms with Gasteiger partial charge in [-0.05, 0) is 61.0 Å². The molecule has 1 aliphatic rings. The summed E-state index contributed by atoms with van der Waals surface area (Å²) in [6, 6.07) is 18.0. The molecular weight excluding hydrogens is 536 g/mol. The molecule has 1 aliphatic heterocycles. The van der Waals surface area contributed by atoms with Crippen molar-refractivity contribution in [1.82, 2.24) is 0 Å². The van der Waals surface area contributed by atoms with Crippen LogP contribution in [0.2, 0.25) is 5.02 Å². The Morgan fingerprint density at radius 3 is 2.56 bits per heavy atom. The molecule has 1 amide bonds. The number of anilines is 2. The number of nitrogens with zero attached hydrogens (tertiary/aromatic N) is 1. The van der Waals surface area contributed by atoms with Crippen LogP contribution in [0.15, 0.2) is 65.1 Å². The molecule has 0 aliphatic carbocycles. The van der Waals surface area contributed by atoms with E-state index in [-0.39, 0.29) is 18.3 Å². The second-order valence-corrected chi connectivity index (χ2v) is 10.4. The van der Waals surface area contributed by atoms with Crippen molar-refractivity contribution in [2.75, 3.05) is 41.4 Å². The number of nitrogens with one attached hydrogen (secondary N) is 1. The molecule has 3 aromatic carbocycles. The molecule has 8 heteroatoms. The lowest BCUT2D eigenvalue weighted by Crippen LogP contribution is -2.32. The van der Waals surface area contributed by atoms with Crippen molar-refractivity contribution in [2.24, 2.45) is 0 Å². The molecule has 4 rings (SSSR count). The normalized spacial score (nSPS) is 13.4. The highest BCUT2D eigenvalue weighted by Crippen LogP contribution is 2.29. The molecule has 176 valence electrons. The summed E-state index contributed by atoms with van der Waals surface area (Å²) in [6.45, 7) is 3.81. The van der Waals surface area contributed by atoms with Crippen LogP contribution >= 0.6 is 39.3 Å². The second-order valence-electron chi connectivity index (χ2n) is 7.88. The second kappa shape index (κ2) is 11.3. The van der Waals surface area contributed by atoms with E-state index < -0.39 is 0 Å². The largest absolute Gasteiger partial charge is 0.483 e. The summed E-state index contributed by atoms with van der Waals surface area (Å²) in [5.74, 6) is 2.01. The topological polar surface area (TPSA) is 58.6 Å². The molecule has 0 unspecified atom stereocenters. The number of hydrogen-bond donors (Lipinski definition) is 1. The van der Waals surface area contributed by atoms with Crippen molar-refractivity contribution < 1.29 is 14.3 Å². The fraction of sp³-hybridized carbons (Fsp3) is 0.231. The Balaban J connectivity index is 1.43. The van der Waals surface area contributed by atoms with E-state index >= 15 is 0 Å². The first kappa shape index (κ1) is 24.6. The van der Waals surface area contributed by atoms with Gasteiger partial charge in [-0.1, -0.05) is 39.7 Å². The van der Waals surface area contributed by atoms with Gasteiger partial charge < -0.3 is 15.0 Å². The van der Waals surface area contributed by atoms with E-state index in [1.54, 1.807) is 36.4 Å². The first-order chi connectivity index (χ1) is 16.4. The molecule has 0 aromatic heterocycles. The summed E-state index contributed by atoms with van der Waals surface area (Å²) >= 11 is 11.5. The highest BCUT2D eigenvalue weighted by Gasteiger charge is 2.19. The number of carbonyl (C=O) groups excluding carboxylic acids is 2. The van der Waals surface area contributed by atoms with Crippen LogP contribution in [0.4, 0.5) is 11.4 Å². The van der Waals surface area contributed by atoms with E-state index in [2.05, 4.69) is 32.2 Å². The van der Waals surface area contributed by atoms with Crippen LogP contribution in [-0.2, 0) is 4.79 Å². The molecule has 0 saturated carbocycles. The summed E-state index contributed by atoms with van der Waals surface area (Å²) < 4.78 is 6.42. The first-order valence-electron chi connectivity index (χ1n) is 10.9. The third kappa shape index (κ3) is 5.95. The van der Waals surface area contributed by atoms with Crippen LogP contribution in [0.25, 0.3) is 0 Å². The molecule has 0 atom stereocenters. The van der Waals surface area contributed by atoms with Crippen LogP contribution in [0.3, 0.4) is 0 Å². The highest BCUT2D eigenvalue weighted by molar-refractivity contribution is 9.10. The van der Waals surface area contributed by atoms with Gasteiger partial charge in [0, 0.05) is 51.0 Å². The van der Waals surface area contributed by atoms with E-state index in [1.807, 2.05) is 36.9 Å². The maximum Gasteiger partial charge on any atom is 0.262 e. The Bertz CT molecular complexity index is 1210. The summed E-state index contributed by atoms with van der Waals surface area (Å²) in [7, 11) is 0. The van der Waals surface area contributed by atoms with Gasteiger partial charge in [0.05, 0.1) is 5.56 Å². The van der Waals surface area contributed by atoms with Crippen LogP contribution < -0.4 is 15.0 Å². The maximum atomic E-state index is 13.1. The zero-order valence-electron chi connectivity index (χ0n) is 18.6. The lowest BCUT2D eigenvalue weighted by Gasteiger charge is -2.29. The average Bonchev–Trinajstić information content (AvgIpc) is 2.85. The lowest BCUT2D eigenvalue weighted by molar-refractivity contribution is -0.118. The van der Waals surface area contributed by atoms with E-state index in [0.29, 0.717) is 26.4 Å². The summed E-state index contributed by atoms with van der Waals surface area (Å²) in [4.78, 5) is 28.1. The number of aryl methyl sites for hydroxylation is 1. The minimum Gasteiger partial charge on any atom is -0.483 e. The number of amides is 1. The molecule has 1 fully saturated rings. The Morgan fingerprint density at radius 1 is 1.06 bits per heavy atom. The van der Waals surface area contributed by atoms with Gasteiger partial charge in [0.2, 0.25) is 0 Å². The monoisotopic (exact) mass is 558 g/mol. The SMILES string of the molecule is Cc1cc(N2CCSCC2)ccc1NC(=O)COc1ccc(Cl)cc1C(=O)c1ccccc1Br. The third-order valence-electron chi connectivity index (χ3n) is 5.52. The Morgan fingerprint density at radius 2 is 1.82 bits per heavy atom. The predicted octanol–water partition coefficient (Wildman–Crippen LogP) is 6.21. The van der Waals surface area contributed by atoms with Crippen molar-refractivity contribution in [1.29, 1.82) is 0 Å². The van der Waals surface area contributed by atoms with E-state index in [4.69, 9.17) is 16.3 Å². The van der Waals surface area contributed by atoms with E-state index in [0.717, 1.165) is 35.8 Å². The molecule has 1 saturated heterocycles. The number of thioether (sulfide) groups is 1. The van der Waals surface area contributed by atoms with Gasteiger partial charge >= 0.3 is 0 Å². The standard InChI is InChI=1S/C26H24BrClN2O3S/c1-17-14-19(30-10-12-34-13-11-30)7-8-23(17)29-25(31)16-33-24-9-6-18(28)15-21(24)26(32)20-4-2-3-5-22(20)27/h2-9,14-15H,10-13,16H2,1H3,(H,29,31). The number of benzene rings is 3. The third-order valence-corrected chi connectivity index (χ3v) is 7.39. The molecule has 0 radical (unpaired) electrons. The van der Waals surface area contributed by atoms with E-state index in [1.165, 1.54) is 5.69 Å². The van der Waals surface area contributed by atoms with Crippen molar-refractivity contribution >= 4 is 62.4 Å². The van der Waals surface area contributed by atoms with E-state index in [9.17, 15) is 9.59 Å². The van der Waals surface area contributed by atoms with Gasteiger partial charge in [-0.2, -0.15) is 11.8 Å². The molecule has 1 heterocycles. The summed E-state index contributed by atoms with van der Waals surface area (Å²) in [5, 5.41) is 3.32. The molecule has 1 N–H and O–H groups in total. The Hall–Kier alpha value is -2.48. The lowest BCUT2D eigenvalue weighted by atomic mass is 10.0. The number of ketones is 1. The number of rotatable bonds is 7. The van der Waals surface area contributed by atoms with Crippen molar-refractivity contribution in [3.63, 3.8) is 0 Å². The van der Waals surface area contributed by atoms with Crippen LogP contribution in [-0.4, -0.2) is 42.9 Å². The van der Waals surface area contributed by atoms with Gasteiger partial charge in [-0.3, -0.25) is 9.59 Å². The molecule has 0 bridgehead atoms. The first-order valence-corrected chi connectivity index (χ1v) is 13.2. The zero-order chi connectivity index (χ0) is 24.1. The predicted molar refractivity (Wildman–Crippen MR) is 144 cm³/mol. The van der Waals surface area contributed by atoms with Crippen molar-refractivity contribution in [2.45, 2.75) is 6.92 Å². The molecule has 5 nitrogen and oxygen atoms in total. The number of ether oxygens (including phenoxy) is 1. The van der Waals surface area contributed by atoms with Gasteiger partial charge in [0.25, 0.3) is 5.91 Å². The number of hydrogen-bond acceptors (Lipinski definition) is 5. The quantitative estimate of drug-likeness (QED) is 0.349. The van der Waals surface area contributed by atoms with Crippen LogP contribution in [0, 0.1) is 6.92 Å². The van der Waals surface area contributed by atoms with Gasteiger partial charge in [0.15, 0.2) is 12.4 Å². The van der Waals surface area contributed by atoms with Crippen LogP contribution in [0.1, 0.15) is 21.5 Å². The minimum atomic E-state index is -0.306. The molecule has 3 aromatic rings. The zero-order valence-corrected chi connectivity index (χ0v) is 21.8. The molecular formula is C26H24BrClN2O3S. The van der Waals surface area contributed by atoms with Crippen molar-refractivity contribution in [3.8, 4) is 5.75 Å². The summed E-state index contributed by atoms with van der Waals surface area (Å²) in [6.07, 6.45) is 0. The fourth-order valence-electron chi connectivity index (χ4n) is 3.73. The van der Waals surface area contributed by atoms with Gasteiger partial charge in [-0.25, -0.2) is 0 Å². The summed E-state index contributed by atoms with van der Waals surface area (Å²) in [5.41, 5.74) is 3.68. The highest BCUT2D eigenvalue weighted by atomic mass is 79.9. The number of halogens is 2. The minimum absolute atomic E-state index is 0.234. The molecule has 0 spiro atoms.